The lowest BCUT2D eigenvalue weighted by atomic mass is 9.98. The van der Waals surface area contributed by atoms with Gasteiger partial charge in [0.25, 0.3) is 0 Å². The van der Waals surface area contributed by atoms with Gasteiger partial charge in [-0.3, -0.25) is 4.90 Å². The second-order valence-electron chi connectivity index (χ2n) is 13.7. The van der Waals surface area contributed by atoms with Crippen LogP contribution in [-0.4, -0.2) is 86.8 Å². The number of rotatable bonds is 14. The number of nitrogens with one attached hydrogen (secondary N) is 1. The van der Waals surface area contributed by atoms with Crippen LogP contribution >= 0.6 is 0 Å². The number of carbonyl (C=O) groups excluding carboxylic acids is 3. The maximum Gasteiger partial charge on any atom is 0.410 e. The van der Waals surface area contributed by atoms with Crippen molar-refractivity contribution in [2.75, 3.05) is 26.4 Å². The molecule has 5 rings (SSSR count). The van der Waals surface area contributed by atoms with Crippen LogP contribution in [-0.2, 0) is 30.2 Å². The van der Waals surface area contributed by atoms with E-state index in [9.17, 15) is 24.3 Å². The highest BCUT2D eigenvalue weighted by Gasteiger charge is 2.43. The fraction of sp³-hybridized carbons (Fsp3) is 0.368. The minimum Gasteiger partial charge on any atom is -0.488 e. The highest BCUT2D eigenvalue weighted by atomic mass is 28.3. The van der Waals surface area contributed by atoms with E-state index in [-0.39, 0.29) is 38.5 Å². The molecule has 1 fully saturated rings. The van der Waals surface area contributed by atoms with Crippen molar-refractivity contribution in [1.82, 2.24) is 10.2 Å². The van der Waals surface area contributed by atoms with Crippen molar-refractivity contribution in [3.63, 3.8) is 0 Å². The van der Waals surface area contributed by atoms with Gasteiger partial charge in [0.2, 0.25) is 0 Å². The molecule has 3 atom stereocenters. The van der Waals surface area contributed by atoms with Crippen LogP contribution in [0.3, 0.4) is 0 Å². The quantitative estimate of drug-likeness (QED) is 0.0865. The summed E-state index contributed by atoms with van der Waals surface area (Å²) in [6.45, 7) is 10.6. The number of fused-ring (bicyclic) bond motifs is 3. The second kappa shape index (κ2) is 16.1. The first-order valence-corrected chi connectivity index (χ1v) is 20.4. The first-order chi connectivity index (χ1) is 23.9. The molecular weight excluding hydrogens is 657 g/mol. The molecule has 2 aliphatic rings. The number of aliphatic carboxylic acids is 1. The molecule has 1 aliphatic carbocycles. The summed E-state index contributed by atoms with van der Waals surface area (Å²) in [4.78, 5) is 52.0. The number of alkyl carbamates (subject to hydrolysis) is 1. The average molecular weight is 701 g/mol. The highest BCUT2D eigenvalue weighted by Crippen LogP contribution is 2.44. The summed E-state index contributed by atoms with van der Waals surface area (Å²) in [6.07, 6.45) is -0.284. The molecule has 12 heteroatoms. The van der Waals surface area contributed by atoms with Crippen LogP contribution < -0.4 is 10.1 Å². The summed E-state index contributed by atoms with van der Waals surface area (Å²) in [5, 5.41) is 12.4. The molecule has 1 aliphatic heterocycles. The van der Waals surface area contributed by atoms with Gasteiger partial charge in [0.1, 0.15) is 37.2 Å². The third-order valence-electron chi connectivity index (χ3n) is 8.79. The SMILES string of the molecule is C=CCOC(=O)N1C[C@@H](Oc2ccc(C[C@H](NC(=O)OCC3c4ccccc4-c4ccccc43)C(=O)O)cc2)C[C@H]1C(=O)OCC[Si](C)(C)C. The minimum absolute atomic E-state index is 0.00714. The van der Waals surface area contributed by atoms with Gasteiger partial charge in [-0.25, -0.2) is 19.2 Å². The molecule has 2 N–H and O–H groups in total. The normalized spacial score (nSPS) is 17.2. The van der Waals surface area contributed by atoms with E-state index in [1.165, 1.54) is 11.0 Å². The first kappa shape index (κ1) is 36.2. The number of hydrogen-bond donors (Lipinski definition) is 2. The third kappa shape index (κ3) is 9.11. The number of likely N-dealkylation sites (tertiary alicyclic amines) is 1. The maximum atomic E-state index is 13.0. The van der Waals surface area contributed by atoms with Crippen LogP contribution in [0.15, 0.2) is 85.5 Å². The fourth-order valence-electron chi connectivity index (χ4n) is 6.19. The molecule has 11 nitrogen and oxygen atoms in total. The van der Waals surface area contributed by atoms with Gasteiger partial charge in [-0.15, -0.1) is 0 Å². The molecule has 2 amide bonds. The summed E-state index contributed by atoms with van der Waals surface area (Å²) in [6, 6.07) is 21.5. The van der Waals surface area contributed by atoms with E-state index in [0.29, 0.717) is 17.9 Å². The molecular formula is C38H44N2O9Si. The van der Waals surface area contributed by atoms with Gasteiger partial charge < -0.3 is 29.4 Å². The second-order valence-corrected chi connectivity index (χ2v) is 19.3. The summed E-state index contributed by atoms with van der Waals surface area (Å²) in [7, 11) is -1.42. The zero-order valence-corrected chi connectivity index (χ0v) is 29.6. The van der Waals surface area contributed by atoms with Crippen molar-refractivity contribution in [3.8, 4) is 16.9 Å². The van der Waals surface area contributed by atoms with Crippen LogP contribution in [0.1, 0.15) is 29.0 Å². The zero-order chi connectivity index (χ0) is 35.8. The van der Waals surface area contributed by atoms with Crippen molar-refractivity contribution < 1.29 is 43.2 Å². The number of carboxylic acids is 1. The number of hydrogen-bond acceptors (Lipinski definition) is 8. The number of carbonyl (C=O) groups is 4. The van der Waals surface area contributed by atoms with E-state index in [1.807, 2.05) is 48.5 Å². The molecule has 0 radical (unpaired) electrons. The van der Waals surface area contributed by atoms with Gasteiger partial charge in [0, 0.05) is 26.8 Å². The molecule has 0 saturated carbocycles. The van der Waals surface area contributed by atoms with Crippen molar-refractivity contribution in [1.29, 1.82) is 0 Å². The molecule has 1 heterocycles. The summed E-state index contributed by atoms with van der Waals surface area (Å²) >= 11 is 0. The van der Waals surface area contributed by atoms with E-state index in [2.05, 4.69) is 31.5 Å². The smallest absolute Gasteiger partial charge is 0.410 e. The Morgan fingerprint density at radius 3 is 2.18 bits per heavy atom. The van der Waals surface area contributed by atoms with Crippen LogP contribution in [0, 0.1) is 0 Å². The summed E-state index contributed by atoms with van der Waals surface area (Å²) in [5.41, 5.74) is 4.96. The molecule has 50 heavy (non-hydrogen) atoms. The Morgan fingerprint density at radius 2 is 1.58 bits per heavy atom. The molecule has 0 bridgehead atoms. The Labute approximate surface area is 293 Å². The lowest BCUT2D eigenvalue weighted by Crippen LogP contribution is -2.42. The molecule has 264 valence electrons. The van der Waals surface area contributed by atoms with Crippen LogP contribution in [0.25, 0.3) is 11.1 Å². The molecule has 0 spiro atoms. The highest BCUT2D eigenvalue weighted by molar-refractivity contribution is 6.76. The number of nitrogens with zero attached hydrogens (tertiary/aromatic N) is 1. The van der Waals surface area contributed by atoms with E-state index >= 15 is 0 Å². The topological polar surface area (TPSA) is 141 Å². The Morgan fingerprint density at radius 1 is 0.940 bits per heavy atom. The predicted molar refractivity (Wildman–Crippen MR) is 190 cm³/mol. The van der Waals surface area contributed by atoms with Gasteiger partial charge in [0.05, 0.1) is 13.2 Å². The van der Waals surface area contributed by atoms with E-state index in [0.717, 1.165) is 28.3 Å². The Balaban J connectivity index is 1.15. The minimum atomic E-state index is -1.42. The summed E-state index contributed by atoms with van der Waals surface area (Å²) < 4.78 is 22.4. The van der Waals surface area contributed by atoms with Gasteiger partial charge in [-0.1, -0.05) is 93.0 Å². The molecule has 0 aromatic heterocycles. The molecule has 0 unspecified atom stereocenters. The number of ether oxygens (including phenoxy) is 4. The van der Waals surface area contributed by atoms with Gasteiger partial charge in [-0.2, -0.15) is 0 Å². The number of esters is 1. The van der Waals surface area contributed by atoms with Gasteiger partial charge in [-0.05, 0) is 46.0 Å². The number of benzene rings is 3. The first-order valence-electron chi connectivity index (χ1n) is 16.7. The van der Waals surface area contributed by atoms with Crippen LogP contribution in [0.4, 0.5) is 9.59 Å². The predicted octanol–water partition coefficient (Wildman–Crippen LogP) is 6.25. The number of amides is 2. The van der Waals surface area contributed by atoms with E-state index in [4.69, 9.17) is 18.9 Å². The van der Waals surface area contributed by atoms with Crippen molar-refractivity contribution in [2.24, 2.45) is 0 Å². The monoisotopic (exact) mass is 700 g/mol. The Bertz CT molecular complexity index is 1660. The zero-order valence-electron chi connectivity index (χ0n) is 28.6. The number of carboxylic acid groups (broad SMARTS) is 1. The lowest BCUT2D eigenvalue weighted by Gasteiger charge is -2.22. The van der Waals surface area contributed by atoms with E-state index in [1.54, 1.807) is 24.3 Å². The third-order valence-corrected chi connectivity index (χ3v) is 10.5. The van der Waals surface area contributed by atoms with Crippen molar-refractivity contribution in [3.05, 3.63) is 102 Å². The summed E-state index contributed by atoms with van der Waals surface area (Å²) in [5.74, 6) is -1.37. The average Bonchev–Trinajstić information content (AvgIpc) is 3.65. The van der Waals surface area contributed by atoms with Gasteiger partial charge in [0.15, 0.2) is 0 Å². The molecule has 3 aromatic carbocycles. The van der Waals surface area contributed by atoms with Crippen LogP contribution in [0.5, 0.6) is 5.75 Å². The van der Waals surface area contributed by atoms with Gasteiger partial charge >= 0.3 is 24.1 Å². The van der Waals surface area contributed by atoms with Crippen molar-refractivity contribution >= 4 is 32.2 Å². The molecule has 3 aromatic rings. The largest absolute Gasteiger partial charge is 0.488 e. The molecule has 1 saturated heterocycles. The standard InChI is InChI=1S/C38H44N2O9Si/c1-5-18-47-38(45)40-23-27(22-34(40)36(43)46-19-20-50(2,3)4)49-26-16-14-25(15-17-26)21-33(35(41)42)39-37(44)48-24-32-30-12-8-6-10-28(30)29-11-7-9-13-31(29)32/h5-17,27,32-34H,1,18-24H2,2-4H3,(H,39,44)(H,41,42)/t27-,33-,34-/m0/s1. The van der Waals surface area contributed by atoms with Crippen LogP contribution in [0.2, 0.25) is 25.7 Å². The Hall–Kier alpha value is -5.10. The maximum absolute atomic E-state index is 13.0. The fourth-order valence-corrected chi connectivity index (χ4v) is 6.90. The Kier molecular flexibility index (Phi) is 11.6. The lowest BCUT2D eigenvalue weighted by molar-refractivity contribution is -0.148. The van der Waals surface area contributed by atoms with E-state index < -0.39 is 50.4 Å². The van der Waals surface area contributed by atoms with Crippen molar-refractivity contribution in [2.45, 2.75) is 62.6 Å².